The molecule has 4 rings (SSSR count). The molecular formula is C32H35BrN4O8. The molecule has 0 saturated heterocycles. The van der Waals surface area contributed by atoms with Crippen LogP contribution in [0.3, 0.4) is 0 Å². The number of hydrogen-bond donors (Lipinski definition) is 4. The second-order valence-electron chi connectivity index (χ2n) is 9.71. The van der Waals surface area contributed by atoms with Crippen LogP contribution in [0, 0.1) is 0 Å². The van der Waals surface area contributed by atoms with Gasteiger partial charge in [-0.3, -0.25) is 5.43 Å². The van der Waals surface area contributed by atoms with Crippen molar-refractivity contribution in [2.24, 2.45) is 5.10 Å². The summed E-state index contributed by atoms with van der Waals surface area (Å²) in [4.78, 5) is 24.6. The van der Waals surface area contributed by atoms with E-state index in [-0.39, 0.29) is 12.2 Å². The van der Waals surface area contributed by atoms with E-state index in [2.05, 4.69) is 37.1 Å². The highest BCUT2D eigenvalue weighted by atomic mass is 79.9. The number of nitrogens with one attached hydrogen (secondary N) is 3. The smallest absolute Gasteiger partial charge is 0.337 e. The Morgan fingerprint density at radius 3 is 2.56 bits per heavy atom. The van der Waals surface area contributed by atoms with Crippen molar-refractivity contribution >= 4 is 34.1 Å². The lowest BCUT2D eigenvalue weighted by Gasteiger charge is -2.28. The molecule has 2 amide bonds. The van der Waals surface area contributed by atoms with Crippen LogP contribution in [0.4, 0.5) is 4.79 Å². The first-order chi connectivity index (χ1) is 21.7. The van der Waals surface area contributed by atoms with Crippen molar-refractivity contribution in [1.82, 2.24) is 16.1 Å². The van der Waals surface area contributed by atoms with Gasteiger partial charge in [0.2, 0.25) is 0 Å². The molecule has 2 atom stereocenters. The highest BCUT2D eigenvalue weighted by Gasteiger charge is 2.32. The van der Waals surface area contributed by atoms with Crippen LogP contribution >= 0.6 is 15.9 Å². The number of ether oxygens (including phenoxy) is 5. The molecule has 13 heteroatoms. The largest absolute Gasteiger partial charge is 0.493 e. The van der Waals surface area contributed by atoms with Gasteiger partial charge in [0.05, 0.1) is 38.7 Å². The number of carbonyl (C=O) groups is 2. The molecule has 238 valence electrons. The zero-order valence-electron chi connectivity index (χ0n) is 25.3. The minimum atomic E-state index is -1.17. The maximum Gasteiger partial charge on any atom is 0.337 e. The Kier molecular flexibility index (Phi) is 11.7. The number of nitrogens with zero attached hydrogens (tertiary/aromatic N) is 1. The van der Waals surface area contributed by atoms with Gasteiger partial charge in [-0.05, 0) is 61.4 Å². The molecule has 1 heterocycles. The van der Waals surface area contributed by atoms with Crippen LogP contribution in [0.2, 0.25) is 0 Å². The van der Waals surface area contributed by atoms with Crippen LogP contribution in [0.5, 0.6) is 23.0 Å². The molecule has 0 aromatic heterocycles. The zero-order chi connectivity index (χ0) is 32.3. The van der Waals surface area contributed by atoms with Crippen LogP contribution in [0.15, 0.2) is 81.5 Å². The first-order valence-electron chi connectivity index (χ1n) is 14.0. The minimum Gasteiger partial charge on any atom is -0.493 e. The van der Waals surface area contributed by atoms with Crippen molar-refractivity contribution < 1.29 is 38.4 Å². The topological polar surface area (TPSA) is 149 Å². The molecule has 0 aliphatic carbocycles. The van der Waals surface area contributed by atoms with Crippen molar-refractivity contribution in [2.45, 2.75) is 32.7 Å². The molecule has 0 unspecified atom stereocenters. The average molecular weight is 684 g/mol. The highest BCUT2D eigenvalue weighted by Crippen LogP contribution is 2.35. The predicted octanol–water partition coefficient (Wildman–Crippen LogP) is 4.56. The van der Waals surface area contributed by atoms with Gasteiger partial charge in [-0.2, -0.15) is 5.10 Å². The molecule has 0 fully saturated rings. The Morgan fingerprint density at radius 2 is 1.84 bits per heavy atom. The summed E-state index contributed by atoms with van der Waals surface area (Å²) < 4.78 is 29.0. The maximum absolute atomic E-state index is 12.5. The second-order valence-corrected chi connectivity index (χ2v) is 10.6. The predicted molar refractivity (Wildman–Crippen MR) is 170 cm³/mol. The first-order valence-corrected chi connectivity index (χ1v) is 14.8. The summed E-state index contributed by atoms with van der Waals surface area (Å²) in [6.45, 7) is 3.92. The normalized spacial score (nSPS) is 15.2. The number of benzene rings is 3. The third kappa shape index (κ3) is 8.67. The zero-order valence-corrected chi connectivity index (χ0v) is 26.8. The summed E-state index contributed by atoms with van der Waals surface area (Å²) >= 11 is 3.43. The monoisotopic (exact) mass is 682 g/mol. The highest BCUT2D eigenvalue weighted by molar-refractivity contribution is 9.10. The molecule has 3 aromatic carbocycles. The van der Waals surface area contributed by atoms with Crippen LogP contribution < -0.4 is 35.0 Å². The fourth-order valence-corrected chi connectivity index (χ4v) is 4.77. The van der Waals surface area contributed by atoms with Crippen molar-refractivity contribution in [2.75, 3.05) is 27.4 Å². The molecule has 3 aromatic rings. The van der Waals surface area contributed by atoms with Gasteiger partial charge in [-0.1, -0.05) is 40.2 Å². The van der Waals surface area contributed by atoms with Crippen LogP contribution in [-0.4, -0.2) is 57.0 Å². The number of hydrogen-bond acceptors (Lipinski definition) is 10. The number of urea groups is 1. The van der Waals surface area contributed by atoms with Gasteiger partial charge in [0.1, 0.15) is 13.2 Å². The van der Waals surface area contributed by atoms with E-state index in [1.54, 1.807) is 38.3 Å². The van der Waals surface area contributed by atoms with Gasteiger partial charge in [-0.15, -0.1) is 0 Å². The third-order valence-corrected chi connectivity index (χ3v) is 7.15. The van der Waals surface area contributed by atoms with E-state index in [0.29, 0.717) is 53.0 Å². The third-order valence-electron chi connectivity index (χ3n) is 6.63. The van der Waals surface area contributed by atoms with Crippen molar-refractivity contribution in [3.05, 3.63) is 93.1 Å². The standard InChI is InChI=1S/C32H35BrN4O8/c1-5-43-26-15-21(29-28(31(39)42-4)19(2)35-32(40)36-29)11-14-24(26)44-18-27(38)37-34-16-22-7-6-8-25(41-3)30(22)45-17-20-9-12-23(33)13-10-20/h6-16,27,29,37-38H,5,17-18H2,1-4H3,(H2,35,36,40)/b34-16+/t27-,29-/m0/s1. The van der Waals surface area contributed by atoms with Gasteiger partial charge in [-0.25, -0.2) is 9.59 Å². The van der Waals surface area contributed by atoms with Gasteiger partial charge < -0.3 is 39.4 Å². The van der Waals surface area contributed by atoms with E-state index in [9.17, 15) is 14.7 Å². The molecule has 1 aliphatic heterocycles. The maximum atomic E-state index is 12.5. The lowest BCUT2D eigenvalue weighted by Crippen LogP contribution is -2.45. The number of aliphatic hydroxyl groups is 1. The Morgan fingerprint density at radius 1 is 1.07 bits per heavy atom. The quantitative estimate of drug-likeness (QED) is 0.0831. The van der Waals surface area contributed by atoms with E-state index in [1.807, 2.05) is 43.3 Å². The van der Waals surface area contributed by atoms with Gasteiger partial charge >= 0.3 is 12.0 Å². The van der Waals surface area contributed by atoms with Crippen LogP contribution in [0.1, 0.15) is 36.6 Å². The van der Waals surface area contributed by atoms with Gasteiger partial charge in [0.15, 0.2) is 29.2 Å². The number of methoxy groups -OCH3 is 2. The number of esters is 1. The Bertz CT molecular complexity index is 1560. The second kappa shape index (κ2) is 15.8. The molecule has 0 radical (unpaired) electrons. The first kappa shape index (κ1) is 33.1. The fourth-order valence-electron chi connectivity index (χ4n) is 4.50. The van der Waals surface area contributed by atoms with E-state index in [1.165, 1.54) is 13.3 Å². The van der Waals surface area contributed by atoms with Crippen molar-refractivity contribution in [3.8, 4) is 23.0 Å². The van der Waals surface area contributed by atoms with E-state index >= 15 is 0 Å². The summed E-state index contributed by atoms with van der Waals surface area (Å²) in [6, 6.07) is 17.0. The van der Waals surface area contributed by atoms with Gasteiger partial charge in [0.25, 0.3) is 0 Å². The van der Waals surface area contributed by atoms with Crippen molar-refractivity contribution in [3.63, 3.8) is 0 Å². The number of carbonyl (C=O) groups excluding carboxylic acids is 2. The summed E-state index contributed by atoms with van der Waals surface area (Å²) in [5.74, 6) is 1.19. The number of para-hydroxylation sites is 1. The Balaban J connectivity index is 1.42. The summed E-state index contributed by atoms with van der Waals surface area (Å²) in [7, 11) is 2.83. The van der Waals surface area contributed by atoms with Gasteiger partial charge in [0, 0.05) is 15.7 Å². The number of allylic oxidation sites excluding steroid dienone is 1. The number of halogens is 1. The minimum absolute atomic E-state index is 0.168. The molecule has 1 aliphatic rings. The summed E-state index contributed by atoms with van der Waals surface area (Å²) in [5.41, 5.74) is 5.50. The van der Waals surface area contributed by atoms with E-state index in [0.717, 1.165) is 10.0 Å². The Labute approximate surface area is 269 Å². The molecule has 4 N–H and O–H groups in total. The van der Waals surface area contributed by atoms with E-state index in [4.69, 9.17) is 23.7 Å². The number of amides is 2. The molecule has 0 spiro atoms. The summed E-state index contributed by atoms with van der Waals surface area (Å²) in [6.07, 6.45) is 0.346. The number of aliphatic hydroxyl groups excluding tert-OH is 1. The lowest BCUT2D eigenvalue weighted by molar-refractivity contribution is -0.136. The van der Waals surface area contributed by atoms with Crippen LogP contribution in [0.25, 0.3) is 0 Å². The average Bonchev–Trinajstić information content (AvgIpc) is 3.03. The Hall–Kier alpha value is -4.75. The SMILES string of the molecule is CCOc1cc([C@@H]2NC(=O)NC(C)=C2C(=O)OC)ccc1OC[C@H](O)N/N=C/c1cccc(OC)c1OCc1ccc(Br)cc1. The van der Waals surface area contributed by atoms with E-state index < -0.39 is 24.3 Å². The number of rotatable bonds is 14. The lowest BCUT2D eigenvalue weighted by atomic mass is 9.95. The fraction of sp³-hybridized carbons (Fsp3) is 0.281. The van der Waals surface area contributed by atoms with Crippen LogP contribution in [-0.2, 0) is 16.1 Å². The number of hydrazone groups is 1. The molecule has 0 bridgehead atoms. The molecule has 0 saturated carbocycles. The molecule has 12 nitrogen and oxygen atoms in total. The molecular weight excluding hydrogens is 648 g/mol. The van der Waals surface area contributed by atoms with Crippen molar-refractivity contribution in [1.29, 1.82) is 0 Å². The molecule has 45 heavy (non-hydrogen) atoms. The summed E-state index contributed by atoms with van der Waals surface area (Å²) in [5, 5.41) is 20.0.